The van der Waals surface area contributed by atoms with E-state index in [1.54, 1.807) is 0 Å². The monoisotopic (exact) mass is 122 g/mol. The minimum absolute atomic E-state index is 1.63. The maximum absolute atomic E-state index is 7.71. The van der Waals surface area contributed by atoms with E-state index in [-0.39, 0.29) is 0 Å². The van der Waals surface area contributed by atoms with Crippen molar-refractivity contribution in [2.45, 2.75) is 19.6 Å². The molecule has 0 heterocycles. The van der Waals surface area contributed by atoms with E-state index in [4.69, 9.17) is 5.26 Å². The van der Waals surface area contributed by atoms with Gasteiger partial charge in [0.05, 0.1) is 0 Å². The van der Waals surface area contributed by atoms with E-state index in [0.29, 0.717) is 0 Å². The summed E-state index contributed by atoms with van der Waals surface area (Å²) in [6, 6.07) is 0. The van der Waals surface area contributed by atoms with Crippen LogP contribution in [0.25, 0.3) is 0 Å². The largest absolute Gasteiger partial charge is 0.258 e. The average Bonchev–Trinajstić information content (AvgIpc) is 1.30. The zero-order valence-electron chi connectivity index (χ0n) is 4.76. The Kier molecular flexibility index (Phi) is 2.45. The van der Waals surface area contributed by atoms with Gasteiger partial charge in [-0.1, -0.05) is 5.04 Å². The van der Waals surface area contributed by atoms with Gasteiger partial charge < -0.3 is 0 Å². The third kappa shape index (κ3) is 6.10. The zero-order valence-corrected chi connectivity index (χ0v) is 5.76. The van der Waals surface area contributed by atoms with E-state index in [2.05, 4.69) is 9.61 Å². The summed E-state index contributed by atoms with van der Waals surface area (Å²) in [5, 5.41) is 11.2. The number of hydrogen-bond donors (Lipinski definition) is 1. The summed E-state index contributed by atoms with van der Waals surface area (Å²) in [4.78, 5) is 0. The summed E-state index contributed by atoms with van der Waals surface area (Å²) in [5.74, 6) is 0. The lowest BCUT2D eigenvalue weighted by Crippen LogP contribution is -2.24. The average molecular weight is 122 g/mol. The Bertz CT molecular complexity index is 48.6. The minimum atomic E-state index is -1.63. The van der Waals surface area contributed by atoms with Gasteiger partial charge in [0.15, 0.2) is 0 Å². The second kappa shape index (κ2) is 2.42. The van der Waals surface area contributed by atoms with Gasteiger partial charge in [-0.25, -0.2) is 5.26 Å². The van der Waals surface area contributed by atoms with Gasteiger partial charge in [-0.2, -0.15) is 0 Å². The smallest absolute Gasteiger partial charge is 0.234 e. The molecule has 3 nitrogen and oxygen atoms in total. The predicted octanol–water partition coefficient (Wildman–Crippen LogP) is 1.24. The number of rotatable bonds is 2. The molecule has 0 bridgehead atoms. The Labute approximate surface area is 43.9 Å². The summed E-state index contributed by atoms with van der Waals surface area (Å²) < 4.78 is 4.42. The van der Waals surface area contributed by atoms with E-state index in [0.717, 1.165) is 0 Å². The van der Waals surface area contributed by atoms with E-state index < -0.39 is 8.32 Å². The molecule has 0 spiro atoms. The molecule has 0 aromatic carbocycles. The first-order valence-corrected chi connectivity index (χ1v) is 5.46. The summed E-state index contributed by atoms with van der Waals surface area (Å²) >= 11 is 0. The molecule has 0 fully saturated rings. The molecule has 4 heteroatoms. The van der Waals surface area contributed by atoms with Crippen LogP contribution in [0.4, 0.5) is 0 Å². The molecule has 0 amide bonds. The van der Waals surface area contributed by atoms with Crippen molar-refractivity contribution in [1.29, 1.82) is 0 Å². The third-order valence-corrected chi connectivity index (χ3v) is 0.862. The highest BCUT2D eigenvalue weighted by atomic mass is 28.4. The van der Waals surface area contributed by atoms with Crippen LogP contribution in [0.5, 0.6) is 0 Å². The Balaban J connectivity index is 3.15. The van der Waals surface area contributed by atoms with Gasteiger partial charge in [0, 0.05) is 0 Å². The molecule has 0 aromatic heterocycles. The quantitative estimate of drug-likeness (QED) is 0.340. The normalized spacial score (nSPS) is 12.0. The molecule has 0 aromatic rings. The molecule has 0 aliphatic carbocycles. The van der Waals surface area contributed by atoms with Crippen molar-refractivity contribution in [3.05, 3.63) is 0 Å². The van der Waals surface area contributed by atoms with E-state index in [1.807, 2.05) is 19.6 Å². The van der Waals surface area contributed by atoms with Crippen molar-refractivity contribution < 1.29 is 14.9 Å². The van der Waals surface area contributed by atoms with Crippen LogP contribution in [-0.4, -0.2) is 13.6 Å². The van der Waals surface area contributed by atoms with Crippen LogP contribution in [0.1, 0.15) is 0 Å². The van der Waals surface area contributed by atoms with Crippen molar-refractivity contribution in [1.82, 2.24) is 0 Å². The first-order valence-electron chi connectivity index (χ1n) is 2.05. The SMILES string of the molecule is C[Si](C)(C)OOO. The maximum Gasteiger partial charge on any atom is 0.234 e. The van der Waals surface area contributed by atoms with Gasteiger partial charge in [-0.3, -0.25) is 4.58 Å². The molecule has 44 valence electrons. The Hall–Kier alpha value is 0.0969. The standard InChI is InChI=1S/C3H10O3Si/c1-7(2,3)6-5-4/h4H,1-3H3. The molecule has 0 aliphatic heterocycles. The van der Waals surface area contributed by atoms with E-state index >= 15 is 0 Å². The highest BCUT2D eigenvalue weighted by molar-refractivity contribution is 6.69. The maximum atomic E-state index is 7.71. The third-order valence-electron chi connectivity index (χ3n) is 0.287. The fourth-order valence-corrected chi connectivity index (χ4v) is 0.335. The van der Waals surface area contributed by atoms with Crippen LogP contribution in [0.2, 0.25) is 19.6 Å². The summed E-state index contributed by atoms with van der Waals surface area (Å²) in [7, 11) is -1.63. The molecular formula is C3H10O3Si. The highest BCUT2D eigenvalue weighted by Gasteiger charge is 2.15. The van der Waals surface area contributed by atoms with Crippen molar-refractivity contribution >= 4 is 8.32 Å². The first-order chi connectivity index (χ1) is 3.06. The minimum Gasteiger partial charge on any atom is -0.258 e. The fourth-order valence-electron chi connectivity index (χ4n) is 0.112. The number of hydrogen-bond acceptors (Lipinski definition) is 3. The van der Waals surface area contributed by atoms with Crippen LogP contribution in [0.15, 0.2) is 0 Å². The van der Waals surface area contributed by atoms with Crippen LogP contribution in [0.3, 0.4) is 0 Å². The lowest BCUT2D eigenvalue weighted by Gasteiger charge is -2.09. The van der Waals surface area contributed by atoms with Gasteiger partial charge in [-0.05, 0) is 19.6 Å². The fraction of sp³-hybridized carbons (Fsp3) is 1.00. The molecular weight excluding hydrogens is 112 g/mol. The van der Waals surface area contributed by atoms with Crippen molar-refractivity contribution in [3.63, 3.8) is 0 Å². The molecule has 0 aliphatic rings. The summed E-state index contributed by atoms with van der Waals surface area (Å²) in [6.45, 7) is 5.72. The zero-order chi connectivity index (χ0) is 5.91. The molecule has 0 saturated heterocycles. The predicted molar refractivity (Wildman–Crippen MR) is 28.1 cm³/mol. The molecule has 0 saturated carbocycles. The van der Waals surface area contributed by atoms with Gasteiger partial charge >= 0.3 is 0 Å². The summed E-state index contributed by atoms with van der Waals surface area (Å²) in [6.07, 6.45) is 0. The molecule has 0 radical (unpaired) electrons. The summed E-state index contributed by atoms with van der Waals surface area (Å²) in [5.41, 5.74) is 0. The van der Waals surface area contributed by atoms with Gasteiger partial charge in [0.25, 0.3) is 0 Å². The molecule has 1 N–H and O–H groups in total. The van der Waals surface area contributed by atoms with E-state index in [9.17, 15) is 0 Å². The van der Waals surface area contributed by atoms with Gasteiger partial charge in [0.1, 0.15) is 0 Å². The van der Waals surface area contributed by atoms with Crippen LogP contribution < -0.4 is 0 Å². The molecule has 0 unspecified atom stereocenters. The lowest BCUT2D eigenvalue weighted by molar-refractivity contribution is -0.447. The Morgan fingerprint density at radius 1 is 1.29 bits per heavy atom. The Morgan fingerprint density at radius 2 is 1.71 bits per heavy atom. The lowest BCUT2D eigenvalue weighted by atomic mass is 11.8. The van der Waals surface area contributed by atoms with Crippen LogP contribution >= 0.6 is 0 Å². The van der Waals surface area contributed by atoms with Gasteiger partial charge in [0.2, 0.25) is 8.32 Å². The van der Waals surface area contributed by atoms with Crippen LogP contribution in [-0.2, 0) is 9.61 Å². The van der Waals surface area contributed by atoms with Crippen LogP contribution in [0, 0.1) is 0 Å². The first kappa shape index (κ1) is 7.10. The van der Waals surface area contributed by atoms with Crippen molar-refractivity contribution in [3.8, 4) is 0 Å². The molecule has 0 atom stereocenters. The van der Waals surface area contributed by atoms with Gasteiger partial charge in [-0.15, -0.1) is 0 Å². The van der Waals surface area contributed by atoms with Crippen molar-refractivity contribution in [2.24, 2.45) is 0 Å². The second-order valence-electron chi connectivity index (χ2n) is 2.27. The highest BCUT2D eigenvalue weighted by Crippen LogP contribution is 2.00. The van der Waals surface area contributed by atoms with E-state index in [1.165, 1.54) is 0 Å². The van der Waals surface area contributed by atoms with Crippen molar-refractivity contribution in [2.75, 3.05) is 0 Å². The topological polar surface area (TPSA) is 38.7 Å². The second-order valence-corrected chi connectivity index (χ2v) is 6.66. The molecule has 7 heavy (non-hydrogen) atoms. The Morgan fingerprint density at radius 3 is 1.71 bits per heavy atom. The molecule has 0 rings (SSSR count).